The molecule has 9 heteroatoms. The van der Waals surface area contributed by atoms with Crippen LogP contribution in [-0.4, -0.2) is 53.4 Å². The first-order chi connectivity index (χ1) is 15.9. The van der Waals surface area contributed by atoms with Gasteiger partial charge in [0.1, 0.15) is 11.9 Å². The highest BCUT2D eigenvalue weighted by molar-refractivity contribution is 5.87. The van der Waals surface area contributed by atoms with Crippen LogP contribution >= 0.6 is 0 Å². The summed E-state index contributed by atoms with van der Waals surface area (Å²) < 4.78 is 33.3. The molecule has 1 aromatic rings. The zero-order chi connectivity index (χ0) is 23.3. The average Bonchev–Trinajstić information content (AvgIpc) is 3.47. The molecule has 2 aliphatic heterocycles. The molecule has 2 atom stereocenters. The SMILES string of the molecule is CCC(C)CCCC1=NN(c2nc(NC3CCC(F)(F)CC3)cc(OC3CCNC3)n2)CC1. The topological polar surface area (TPSA) is 74.7 Å². The van der Waals surface area contributed by atoms with E-state index in [2.05, 4.69) is 29.5 Å². The van der Waals surface area contributed by atoms with Crippen LogP contribution in [0.5, 0.6) is 5.88 Å². The van der Waals surface area contributed by atoms with Gasteiger partial charge in [-0.1, -0.05) is 26.7 Å². The minimum absolute atomic E-state index is 0.0217. The first-order valence-corrected chi connectivity index (χ1v) is 12.6. The summed E-state index contributed by atoms with van der Waals surface area (Å²) in [5.74, 6) is -0.152. The third kappa shape index (κ3) is 6.98. The minimum atomic E-state index is -2.55. The van der Waals surface area contributed by atoms with E-state index in [0.717, 1.165) is 51.2 Å². The molecule has 1 saturated carbocycles. The highest BCUT2D eigenvalue weighted by Crippen LogP contribution is 2.34. The molecular formula is C24H38F2N6O. The van der Waals surface area contributed by atoms with Crippen molar-refractivity contribution in [2.75, 3.05) is 30.0 Å². The maximum Gasteiger partial charge on any atom is 0.251 e. The molecule has 1 aliphatic carbocycles. The van der Waals surface area contributed by atoms with E-state index in [0.29, 0.717) is 30.5 Å². The summed E-state index contributed by atoms with van der Waals surface area (Å²) in [7, 11) is 0. The van der Waals surface area contributed by atoms with Gasteiger partial charge in [0, 0.05) is 43.6 Å². The number of hydrogen-bond donors (Lipinski definition) is 2. The molecule has 1 saturated heterocycles. The lowest BCUT2D eigenvalue weighted by atomic mass is 9.92. The van der Waals surface area contributed by atoms with E-state index in [1.54, 1.807) is 6.07 Å². The van der Waals surface area contributed by atoms with Crippen LogP contribution in [-0.2, 0) is 0 Å². The zero-order valence-corrected chi connectivity index (χ0v) is 20.0. The second-order valence-corrected chi connectivity index (χ2v) is 9.84. The Bertz CT molecular complexity index is 804. The van der Waals surface area contributed by atoms with Gasteiger partial charge in [-0.25, -0.2) is 13.8 Å². The summed E-state index contributed by atoms with van der Waals surface area (Å²) in [5, 5.41) is 13.3. The monoisotopic (exact) mass is 464 g/mol. The summed E-state index contributed by atoms with van der Waals surface area (Å²) in [4.78, 5) is 9.34. The van der Waals surface area contributed by atoms with Crippen molar-refractivity contribution in [3.05, 3.63) is 6.07 Å². The second-order valence-electron chi connectivity index (χ2n) is 9.84. The summed E-state index contributed by atoms with van der Waals surface area (Å²) >= 11 is 0. The molecule has 1 aromatic heterocycles. The number of alkyl halides is 2. The number of anilines is 2. The Morgan fingerprint density at radius 3 is 2.82 bits per heavy atom. The van der Waals surface area contributed by atoms with Crippen molar-refractivity contribution in [1.29, 1.82) is 0 Å². The molecule has 0 bridgehead atoms. The summed E-state index contributed by atoms with van der Waals surface area (Å²) in [6, 6.07) is 1.77. The van der Waals surface area contributed by atoms with E-state index in [1.165, 1.54) is 18.6 Å². The smallest absolute Gasteiger partial charge is 0.251 e. The molecule has 2 N–H and O–H groups in total. The van der Waals surface area contributed by atoms with Crippen LogP contribution in [0.15, 0.2) is 11.2 Å². The standard InChI is InChI=1S/C24H38F2N6O/c1-3-17(2)5-4-6-19-10-14-32(31-19)23-29-21(28-18-7-11-24(25,26)12-8-18)15-22(30-23)33-20-9-13-27-16-20/h15,17-18,20,27H,3-14,16H2,1-2H3,(H,28,29,30). The molecule has 7 nitrogen and oxygen atoms in total. The third-order valence-electron chi connectivity index (χ3n) is 7.03. The van der Waals surface area contributed by atoms with Gasteiger partial charge in [0.25, 0.3) is 5.95 Å². The minimum Gasteiger partial charge on any atom is -0.473 e. The van der Waals surface area contributed by atoms with Gasteiger partial charge < -0.3 is 15.4 Å². The molecule has 2 fully saturated rings. The van der Waals surface area contributed by atoms with Crippen LogP contribution < -0.4 is 20.4 Å². The Labute approximate surface area is 195 Å². The van der Waals surface area contributed by atoms with Crippen LogP contribution in [0.3, 0.4) is 0 Å². The van der Waals surface area contributed by atoms with Gasteiger partial charge in [0.15, 0.2) is 0 Å². The first kappa shape index (κ1) is 24.1. The Kier molecular flexibility index (Phi) is 7.98. The Balaban J connectivity index is 1.45. The van der Waals surface area contributed by atoms with Gasteiger partial charge >= 0.3 is 0 Å². The Hall–Kier alpha value is -2.03. The number of aromatic nitrogens is 2. The summed E-state index contributed by atoms with van der Waals surface area (Å²) in [6.45, 7) is 7.01. The van der Waals surface area contributed by atoms with Gasteiger partial charge in [-0.05, 0) is 44.6 Å². The van der Waals surface area contributed by atoms with Gasteiger partial charge in [-0.15, -0.1) is 0 Å². The number of hydrogen-bond acceptors (Lipinski definition) is 7. The van der Waals surface area contributed by atoms with E-state index in [-0.39, 0.29) is 25.0 Å². The lowest BCUT2D eigenvalue weighted by molar-refractivity contribution is -0.0361. The zero-order valence-electron chi connectivity index (χ0n) is 20.0. The third-order valence-corrected chi connectivity index (χ3v) is 7.03. The molecule has 0 spiro atoms. The van der Waals surface area contributed by atoms with Crippen LogP contribution in [0.1, 0.15) is 78.1 Å². The van der Waals surface area contributed by atoms with E-state index in [4.69, 9.17) is 14.8 Å². The number of rotatable bonds is 10. The first-order valence-electron chi connectivity index (χ1n) is 12.6. The van der Waals surface area contributed by atoms with E-state index in [1.807, 2.05) is 5.01 Å². The molecular weight excluding hydrogens is 426 g/mol. The van der Waals surface area contributed by atoms with Crippen molar-refractivity contribution >= 4 is 17.5 Å². The van der Waals surface area contributed by atoms with Crippen LogP contribution in [0.4, 0.5) is 20.5 Å². The van der Waals surface area contributed by atoms with E-state index in [9.17, 15) is 8.78 Å². The number of halogens is 2. The molecule has 33 heavy (non-hydrogen) atoms. The fourth-order valence-corrected chi connectivity index (χ4v) is 4.64. The number of ether oxygens (including phenoxy) is 1. The fourth-order valence-electron chi connectivity index (χ4n) is 4.64. The predicted octanol–water partition coefficient (Wildman–Crippen LogP) is 4.99. The summed E-state index contributed by atoms with van der Waals surface area (Å²) in [5.41, 5.74) is 1.19. The van der Waals surface area contributed by atoms with Crippen LogP contribution in [0.2, 0.25) is 0 Å². The quantitative estimate of drug-likeness (QED) is 0.508. The van der Waals surface area contributed by atoms with Gasteiger partial charge in [-0.2, -0.15) is 15.1 Å². The van der Waals surface area contributed by atoms with Crippen molar-refractivity contribution in [2.45, 2.75) is 96.1 Å². The van der Waals surface area contributed by atoms with Crippen molar-refractivity contribution in [1.82, 2.24) is 15.3 Å². The normalized spacial score (nSPS) is 24.1. The number of nitrogens with one attached hydrogen (secondary N) is 2. The number of nitrogens with zero attached hydrogens (tertiary/aromatic N) is 4. The van der Waals surface area contributed by atoms with Crippen LogP contribution in [0.25, 0.3) is 0 Å². The Morgan fingerprint density at radius 1 is 1.27 bits per heavy atom. The molecule has 0 amide bonds. The lowest BCUT2D eigenvalue weighted by Gasteiger charge is -2.29. The van der Waals surface area contributed by atoms with Crippen molar-refractivity contribution in [3.8, 4) is 5.88 Å². The molecule has 2 unspecified atom stereocenters. The van der Waals surface area contributed by atoms with Gasteiger partial charge in [-0.3, -0.25) is 0 Å². The molecule has 3 heterocycles. The fraction of sp³-hybridized carbons (Fsp3) is 0.792. The molecule has 0 radical (unpaired) electrons. The molecule has 0 aromatic carbocycles. The summed E-state index contributed by atoms with van der Waals surface area (Å²) in [6.07, 6.45) is 7.20. The maximum absolute atomic E-state index is 13.6. The van der Waals surface area contributed by atoms with Gasteiger partial charge in [0.05, 0.1) is 6.54 Å². The molecule has 4 rings (SSSR count). The van der Waals surface area contributed by atoms with Gasteiger partial charge in [0.2, 0.25) is 11.8 Å². The van der Waals surface area contributed by atoms with Crippen molar-refractivity contribution in [2.24, 2.45) is 11.0 Å². The van der Waals surface area contributed by atoms with Crippen LogP contribution in [0, 0.1) is 5.92 Å². The molecule has 3 aliphatic rings. The highest BCUT2D eigenvalue weighted by Gasteiger charge is 2.35. The maximum atomic E-state index is 13.6. The highest BCUT2D eigenvalue weighted by atomic mass is 19.3. The lowest BCUT2D eigenvalue weighted by Crippen LogP contribution is -2.32. The largest absolute Gasteiger partial charge is 0.473 e. The van der Waals surface area contributed by atoms with E-state index >= 15 is 0 Å². The molecule has 184 valence electrons. The van der Waals surface area contributed by atoms with Crippen molar-refractivity contribution in [3.63, 3.8) is 0 Å². The Morgan fingerprint density at radius 2 is 2.09 bits per heavy atom. The predicted molar refractivity (Wildman–Crippen MR) is 127 cm³/mol. The van der Waals surface area contributed by atoms with Crippen molar-refractivity contribution < 1.29 is 13.5 Å². The second kappa shape index (κ2) is 10.9. The average molecular weight is 465 g/mol. The van der Waals surface area contributed by atoms with E-state index < -0.39 is 5.92 Å². The number of hydrazone groups is 1.